The third-order valence-corrected chi connectivity index (χ3v) is 6.08. The Morgan fingerprint density at radius 3 is 2.03 bits per heavy atom. The fourth-order valence-electron chi connectivity index (χ4n) is 2.94. The summed E-state index contributed by atoms with van der Waals surface area (Å²) in [6.45, 7) is 0. The second-order valence-corrected chi connectivity index (χ2v) is 8.47. The Kier molecular flexibility index (Phi) is 5.11. The molecule has 0 radical (unpaired) electrons. The summed E-state index contributed by atoms with van der Waals surface area (Å²) in [5.74, 6) is -0.319. The van der Waals surface area contributed by atoms with Crippen molar-refractivity contribution < 1.29 is 34.8 Å². The number of sulfone groups is 1. The minimum Gasteiger partial charge on any atom is -0.310 e. The number of pyridine rings is 2. The summed E-state index contributed by atoms with van der Waals surface area (Å²) >= 11 is 0. The van der Waals surface area contributed by atoms with Crippen LogP contribution in [0.5, 0.6) is 0 Å². The first-order valence-corrected chi connectivity index (χ1v) is 10.3. The van der Waals surface area contributed by atoms with Gasteiger partial charge in [-0.25, -0.2) is 28.4 Å². The normalized spacial score (nSPS) is 12.9. The van der Waals surface area contributed by atoms with Crippen molar-refractivity contribution in [3.8, 4) is 11.5 Å². The van der Waals surface area contributed by atoms with Gasteiger partial charge in [0, 0.05) is 31.8 Å². The molecule has 0 fully saturated rings. The minimum absolute atomic E-state index is 0.0704. The average Bonchev–Trinajstić information content (AvgIpc) is 3.08. The van der Waals surface area contributed by atoms with E-state index in [9.17, 15) is 34.8 Å². The Bertz CT molecular complexity index is 1470. The minimum atomic E-state index is -4.93. The van der Waals surface area contributed by atoms with Crippen LogP contribution in [0.4, 0.5) is 26.3 Å². The van der Waals surface area contributed by atoms with Crippen LogP contribution < -0.4 is 0 Å². The Morgan fingerprint density at radius 1 is 0.848 bits per heavy atom. The fourth-order valence-corrected chi connectivity index (χ4v) is 4.21. The topological polar surface area (TPSA) is 104 Å². The summed E-state index contributed by atoms with van der Waals surface area (Å²) < 4.78 is 106. The lowest BCUT2D eigenvalue weighted by Crippen LogP contribution is -2.14. The third-order valence-electron chi connectivity index (χ3n) is 4.50. The first-order valence-electron chi connectivity index (χ1n) is 8.79. The summed E-state index contributed by atoms with van der Waals surface area (Å²) in [5, 5.41) is -0.788. The number of hydrogen-bond acceptors (Lipinski definition) is 7. The molecule has 0 unspecified atom stereocenters. The molecule has 33 heavy (non-hydrogen) atoms. The third kappa shape index (κ3) is 3.99. The molecule has 0 N–H and O–H groups in total. The van der Waals surface area contributed by atoms with Crippen molar-refractivity contribution in [3.63, 3.8) is 0 Å². The van der Waals surface area contributed by atoms with Crippen LogP contribution in [-0.4, -0.2) is 37.9 Å². The average molecular weight is 488 g/mol. The number of rotatable bonds is 3. The molecule has 0 atom stereocenters. The van der Waals surface area contributed by atoms with Gasteiger partial charge in [-0.05, 0) is 18.2 Å². The molecule has 0 aromatic carbocycles. The Balaban J connectivity index is 2.00. The lowest BCUT2D eigenvalue weighted by Gasteiger charge is -2.12. The smallest absolute Gasteiger partial charge is 0.310 e. The van der Waals surface area contributed by atoms with Gasteiger partial charge in [0.15, 0.2) is 11.5 Å². The number of imidazole rings is 1. The SMILES string of the molecule is Cn1c(-c2ncc(C(F)(F)F)cc2S(=O)(=O)c2ncccn2)nc2cc(C(F)(F)F)cnc21. The second kappa shape index (κ2) is 7.47. The molecule has 15 heteroatoms. The van der Waals surface area contributed by atoms with Crippen LogP contribution in [-0.2, 0) is 29.2 Å². The molecule has 4 aromatic rings. The summed E-state index contributed by atoms with van der Waals surface area (Å²) in [4.78, 5) is 17.6. The van der Waals surface area contributed by atoms with E-state index in [1.165, 1.54) is 13.1 Å². The van der Waals surface area contributed by atoms with Crippen LogP contribution >= 0.6 is 0 Å². The zero-order chi connectivity index (χ0) is 24.2. The summed E-state index contributed by atoms with van der Waals surface area (Å²) in [6, 6.07) is 2.34. The molecule has 0 aliphatic rings. The molecular formula is C18H10F6N6O2S. The van der Waals surface area contributed by atoms with E-state index in [1.807, 2.05) is 0 Å². The number of fused-ring (bicyclic) bond motifs is 1. The predicted molar refractivity (Wildman–Crippen MR) is 99.2 cm³/mol. The van der Waals surface area contributed by atoms with Crippen molar-refractivity contribution in [1.29, 1.82) is 0 Å². The maximum atomic E-state index is 13.3. The van der Waals surface area contributed by atoms with E-state index in [4.69, 9.17) is 0 Å². The number of alkyl halides is 6. The van der Waals surface area contributed by atoms with Gasteiger partial charge in [0.25, 0.3) is 5.16 Å². The van der Waals surface area contributed by atoms with Crippen LogP contribution in [0.15, 0.2) is 53.0 Å². The second-order valence-electron chi connectivity index (χ2n) is 6.66. The Labute approximate surface area is 180 Å². The van der Waals surface area contributed by atoms with Gasteiger partial charge in [0.2, 0.25) is 9.84 Å². The monoisotopic (exact) mass is 488 g/mol. The van der Waals surface area contributed by atoms with E-state index in [1.54, 1.807) is 0 Å². The molecule has 4 aromatic heterocycles. The summed E-state index contributed by atoms with van der Waals surface area (Å²) in [5.41, 5.74) is -3.34. The molecule has 0 amide bonds. The van der Waals surface area contributed by atoms with E-state index in [0.717, 1.165) is 17.0 Å². The maximum Gasteiger partial charge on any atom is 0.417 e. The van der Waals surface area contributed by atoms with Gasteiger partial charge in [-0.3, -0.25) is 4.98 Å². The van der Waals surface area contributed by atoms with E-state index in [2.05, 4.69) is 24.9 Å². The van der Waals surface area contributed by atoms with Crippen LogP contribution in [0.2, 0.25) is 0 Å². The molecular weight excluding hydrogens is 478 g/mol. The largest absolute Gasteiger partial charge is 0.417 e. The maximum absolute atomic E-state index is 13.3. The van der Waals surface area contributed by atoms with Crippen molar-refractivity contribution >= 4 is 21.0 Å². The van der Waals surface area contributed by atoms with Crippen molar-refractivity contribution in [3.05, 3.63) is 54.1 Å². The fraction of sp³-hybridized carbons (Fsp3) is 0.167. The first kappa shape index (κ1) is 22.6. The van der Waals surface area contributed by atoms with E-state index in [-0.39, 0.29) is 17.0 Å². The van der Waals surface area contributed by atoms with Gasteiger partial charge in [0.1, 0.15) is 16.1 Å². The van der Waals surface area contributed by atoms with Gasteiger partial charge >= 0.3 is 12.4 Å². The van der Waals surface area contributed by atoms with Crippen LogP contribution in [0.25, 0.3) is 22.7 Å². The molecule has 8 nitrogen and oxygen atoms in total. The molecule has 4 rings (SSSR count). The van der Waals surface area contributed by atoms with Gasteiger partial charge < -0.3 is 4.57 Å². The molecule has 0 bridgehead atoms. The van der Waals surface area contributed by atoms with Crippen molar-refractivity contribution in [1.82, 2.24) is 29.5 Å². The summed E-state index contributed by atoms with van der Waals surface area (Å²) in [6.07, 6.45) is -6.53. The Hall–Kier alpha value is -3.62. The highest BCUT2D eigenvalue weighted by Gasteiger charge is 2.36. The van der Waals surface area contributed by atoms with Crippen LogP contribution in [0.3, 0.4) is 0 Å². The lowest BCUT2D eigenvalue weighted by molar-refractivity contribution is -0.138. The Morgan fingerprint density at radius 2 is 1.42 bits per heavy atom. The molecule has 0 saturated carbocycles. The quantitative estimate of drug-likeness (QED) is 0.320. The number of nitrogens with zero attached hydrogens (tertiary/aromatic N) is 6. The number of hydrogen-bond donors (Lipinski definition) is 0. The highest BCUT2D eigenvalue weighted by Crippen LogP contribution is 2.36. The van der Waals surface area contributed by atoms with E-state index < -0.39 is 49.1 Å². The van der Waals surface area contributed by atoms with Gasteiger partial charge in [0.05, 0.1) is 11.1 Å². The van der Waals surface area contributed by atoms with E-state index >= 15 is 0 Å². The van der Waals surface area contributed by atoms with Crippen LogP contribution in [0.1, 0.15) is 11.1 Å². The highest BCUT2D eigenvalue weighted by molar-refractivity contribution is 7.91. The molecule has 0 saturated heterocycles. The number of halogens is 6. The predicted octanol–water partition coefficient (Wildman–Crippen LogP) is 3.69. The lowest BCUT2D eigenvalue weighted by atomic mass is 10.2. The molecule has 0 aliphatic heterocycles. The van der Waals surface area contributed by atoms with Crippen molar-refractivity contribution in [2.75, 3.05) is 0 Å². The zero-order valence-corrected chi connectivity index (χ0v) is 17.0. The van der Waals surface area contributed by atoms with Gasteiger partial charge in [-0.1, -0.05) is 0 Å². The first-order chi connectivity index (χ1) is 15.3. The summed E-state index contributed by atoms with van der Waals surface area (Å²) in [7, 11) is -3.42. The molecule has 172 valence electrons. The standard InChI is InChI=1S/C18H10F6N6O2S/c1-30-14-11(5-9(8-28-14)17(19,20)21)29-15(30)13-12(6-10(7-27-13)18(22,23)24)33(31,32)16-25-3-2-4-26-16/h2-8H,1H3. The van der Waals surface area contributed by atoms with Crippen LogP contribution in [0, 0.1) is 0 Å². The molecule has 0 aliphatic carbocycles. The zero-order valence-electron chi connectivity index (χ0n) is 16.2. The number of aromatic nitrogens is 6. The number of aryl methyl sites for hydroxylation is 1. The van der Waals surface area contributed by atoms with Crippen molar-refractivity contribution in [2.45, 2.75) is 22.4 Å². The van der Waals surface area contributed by atoms with E-state index in [0.29, 0.717) is 24.5 Å². The van der Waals surface area contributed by atoms with Gasteiger partial charge in [-0.15, -0.1) is 0 Å². The molecule has 4 heterocycles. The molecule has 0 spiro atoms. The van der Waals surface area contributed by atoms with Gasteiger partial charge in [-0.2, -0.15) is 26.3 Å². The van der Waals surface area contributed by atoms with Crippen molar-refractivity contribution in [2.24, 2.45) is 7.05 Å². The highest BCUT2D eigenvalue weighted by atomic mass is 32.2.